The highest BCUT2D eigenvalue weighted by Crippen LogP contribution is 2.54. The minimum Gasteiger partial charge on any atom is -0.461 e. The van der Waals surface area contributed by atoms with Crippen molar-refractivity contribution in [2.24, 2.45) is 5.92 Å². The summed E-state index contributed by atoms with van der Waals surface area (Å²) in [6.07, 6.45) is 6.51. The first-order chi connectivity index (χ1) is 23.5. The zero-order chi connectivity index (χ0) is 32.4. The summed E-state index contributed by atoms with van der Waals surface area (Å²) < 4.78 is 6.28. The smallest absolute Gasteiger partial charge is 0.130 e. The lowest BCUT2D eigenvalue weighted by atomic mass is 9.82. The molecule has 2 aliphatic carbocycles. The van der Waals surface area contributed by atoms with Gasteiger partial charge in [0.1, 0.15) is 11.5 Å². The molecule has 1 aliphatic heterocycles. The third kappa shape index (κ3) is 4.47. The fourth-order valence-corrected chi connectivity index (χ4v) is 8.13. The summed E-state index contributed by atoms with van der Waals surface area (Å²) in [4.78, 5) is 2.45. The van der Waals surface area contributed by atoms with Gasteiger partial charge in [0.05, 0.1) is 11.6 Å². The van der Waals surface area contributed by atoms with Crippen molar-refractivity contribution in [3.8, 4) is 39.1 Å². The molecule has 6 aromatic rings. The van der Waals surface area contributed by atoms with Crippen molar-refractivity contribution in [2.75, 3.05) is 4.90 Å². The SMILES string of the molecule is CC1C=CC=C2Oc3ccc(-c4cccc(N(c5ccc(-c6ccccc6)cc5)c5cccc6c5-c5ccccc5C6(C)C)c4)cc3C21. The molecule has 0 aromatic heterocycles. The van der Waals surface area contributed by atoms with Gasteiger partial charge in [0.15, 0.2) is 0 Å². The number of allylic oxidation sites excluding steroid dienone is 4. The maximum absolute atomic E-state index is 6.28. The van der Waals surface area contributed by atoms with Crippen molar-refractivity contribution in [2.45, 2.75) is 32.1 Å². The quantitative estimate of drug-likeness (QED) is 0.190. The second kappa shape index (κ2) is 11.0. The molecule has 2 heteroatoms. The molecular weight excluding hydrogens is 583 g/mol. The first kappa shape index (κ1) is 28.6. The summed E-state index contributed by atoms with van der Waals surface area (Å²) >= 11 is 0. The summed E-state index contributed by atoms with van der Waals surface area (Å²) in [6, 6.07) is 51.0. The van der Waals surface area contributed by atoms with E-state index in [9.17, 15) is 0 Å². The van der Waals surface area contributed by atoms with Gasteiger partial charge in [-0.2, -0.15) is 0 Å². The number of fused-ring (bicyclic) bond motifs is 6. The monoisotopic (exact) mass is 619 g/mol. The summed E-state index contributed by atoms with van der Waals surface area (Å²) in [5, 5.41) is 0. The fourth-order valence-electron chi connectivity index (χ4n) is 8.13. The van der Waals surface area contributed by atoms with Gasteiger partial charge < -0.3 is 9.64 Å². The van der Waals surface area contributed by atoms with Gasteiger partial charge in [-0.3, -0.25) is 0 Å². The van der Waals surface area contributed by atoms with Crippen molar-refractivity contribution in [3.63, 3.8) is 0 Å². The Bertz CT molecular complexity index is 2260. The third-order valence-corrected chi connectivity index (χ3v) is 10.6. The maximum Gasteiger partial charge on any atom is 0.130 e. The second-order valence-corrected chi connectivity index (χ2v) is 13.8. The van der Waals surface area contributed by atoms with Crippen molar-refractivity contribution >= 4 is 17.1 Å². The van der Waals surface area contributed by atoms with E-state index < -0.39 is 0 Å². The van der Waals surface area contributed by atoms with Gasteiger partial charge >= 0.3 is 0 Å². The molecule has 6 aromatic carbocycles. The van der Waals surface area contributed by atoms with Crippen LogP contribution in [-0.2, 0) is 5.41 Å². The zero-order valence-corrected chi connectivity index (χ0v) is 27.5. The number of nitrogens with zero attached hydrogens (tertiary/aromatic N) is 1. The molecule has 0 bridgehead atoms. The Kier molecular flexibility index (Phi) is 6.55. The molecule has 0 spiro atoms. The van der Waals surface area contributed by atoms with Crippen molar-refractivity contribution in [1.82, 2.24) is 0 Å². The summed E-state index contributed by atoms with van der Waals surface area (Å²) in [5.74, 6) is 2.69. The molecule has 0 N–H and O–H groups in total. The van der Waals surface area contributed by atoms with Gasteiger partial charge in [-0.15, -0.1) is 0 Å². The molecule has 0 saturated carbocycles. The number of rotatable bonds is 5. The molecule has 232 valence electrons. The van der Waals surface area contributed by atoms with Crippen LogP contribution in [0.3, 0.4) is 0 Å². The Morgan fingerprint density at radius 2 is 1.29 bits per heavy atom. The Morgan fingerprint density at radius 1 is 0.604 bits per heavy atom. The van der Waals surface area contributed by atoms with Gasteiger partial charge in [0.2, 0.25) is 0 Å². The van der Waals surface area contributed by atoms with Gasteiger partial charge in [0, 0.05) is 27.9 Å². The van der Waals surface area contributed by atoms with Crippen molar-refractivity contribution in [3.05, 3.63) is 180 Å². The second-order valence-electron chi connectivity index (χ2n) is 13.8. The maximum atomic E-state index is 6.28. The summed E-state index contributed by atoms with van der Waals surface area (Å²) in [5.41, 5.74) is 14.8. The number of anilines is 3. The van der Waals surface area contributed by atoms with Crippen LogP contribution in [0.1, 0.15) is 43.4 Å². The predicted molar refractivity (Wildman–Crippen MR) is 199 cm³/mol. The van der Waals surface area contributed by atoms with Crippen LogP contribution < -0.4 is 9.64 Å². The van der Waals surface area contributed by atoms with Gasteiger partial charge in [-0.05, 0) is 93.4 Å². The molecule has 2 atom stereocenters. The normalized spacial score (nSPS) is 17.9. The largest absolute Gasteiger partial charge is 0.461 e. The van der Waals surface area contributed by atoms with Crippen LogP contribution in [0.5, 0.6) is 5.75 Å². The average molecular weight is 620 g/mol. The van der Waals surface area contributed by atoms with E-state index in [1.54, 1.807) is 0 Å². The number of ether oxygens (including phenoxy) is 1. The molecule has 0 saturated heterocycles. The molecule has 2 unspecified atom stereocenters. The lowest BCUT2D eigenvalue weighted by Gasteiger charge is -2.29. The van der Waals surface area contributed by atoms with Crippen LogP contribution in [0, 0.1) is 5.92 Å². The van der Waals surface area contributed by atoms with Gasteiger partial charge in [-0.1, -0.05) is 130 Å². The first-order valence-electron chi connectivity index (χ1n) is 17.0. The van der Waals surface area contributed by atoms with E-state index in [-0.39, 0.29) is 11.3 Å². The summed E-state index contributed by atoms with van der Waals surface area (Å²) in [7, 11) is 0. The highest BCUT2D eigenvalue weighted by atomic mass is 16.5. The van der Waals surface area contributed by atoms with E-state index in [2.05, 4.69) is 183 Å². The molecule has 0 fully saturated rings. The van der Waals surface area contributed by atoms with Crippen molar-refractivity contribution < 1.29 is 4.74 Å². The first-order valence-corrected chi connectivity index (χ1v) is 17.0. The van der Waals surface area contributed by atoms with Crippen LogP contribution in [0.25, 0.3) is 33.4 Å². The van der Waals surface area contributed by atoms with Crippen LogP contribution in [0.2, 0.25) is 0 Å². The highest BCUT2D eigenvalue weighted by Gasteiger charge is 2.38. The third-order valence-electron chi connectivity index (χ3n) is 10.6. The standard InChI is InChI=1S/C46H37NO/c1-30-12-9-21-43-44(30)38-29-34(24-27-42(38)48-43)33-15-10-16-36(28-33)47(35-25-22-32(23-26-35)31-13-5-4-6-14-31)41-20-11-19-40-45(41)37-17-7-8-18-39(37)46(40,2)3/h4-30,44H,1-3H3. The lowest BCUT2D eigenvalue weighted by Crippen LogP contribution is -2.16. The van der Waals surface area contributed by atoms with Crippen LogP contribution in [-0.4, -0.2) is 0 Å². The minimum absolute atomic E-state index is 0.0855. The molecular formula is C46H37NO. The molecule has 2 nitrogen and oxygen atoms in total. The predicted octanol–water partition coefficient (Wildman–Crippen LogP) is 12.4. The van der Waals surface area contributed by atoms with Crippen LogP contribution >= 0.6 is 0 Å². The molecule has 0 radical (unpaired) electrons. The van der Waals surface area contributed by atoms with Crippen LogP contribution in [0.15, 0.2) is 164 Å². The van der Waals surface area contributed by atoms with E-state index in [1.165, 1.54) is 55.8 Å². The zero-order valence-electron chi connectivity index (χ0n) is 27.5. The van der Waals surface area contributed by atoms with E-state index in [0.717, 1.165) is 22.9 Å². The summed E-state index contributed by atoms with van der Waals surface area (Å²) in [6.45, 7) is 6.98. The Balaban J connectivity index is 1.20. The Labute approximate surface area is 283 Å². The van der Waals surface area contributed by atoms with E-state index in [4.69, 9.17) is 4.74 Å². The van der Waals surface area contributed by atoms with Gasteiger partial charge in [0.25, 0.3) is 0 Å². The Hall–Kier alpha value is -5.60. The average Bonchev–Trinajstić information content (AvgIpc) is 3.62. The molecule has 9 rings (SSSR count). The number of benzene rings is 6. The Morgan fingerprint density at radius 3 is 2.15 bits per heavy atom. The number of hydrogen-bond acceptors (Lipinski definition) is 2. The molecule has 48 heavy (non-hydrogen) atoms. The molecule has 3 aliphatic rings. The number of hydrogen-bond donors (Lipinski definition) is 0. The van der Waals surface area contributed by atoms with E-state index >= 15 is 0 Å². The van der Waals surface area contributed by atoms with Crippen molar-refractivity contribution in [1.29, 1.82) is 0 Å². The van der Waals surface area contributed by atoms with E-state index in [0.29, 0.717) is 5.92 Å². The fraction of sp³-hybridized carbons (Fsp3) is 0.130. The van der Waals surface area contributed by atoms with Crippen LogP contribution in [0.4, 0.5) is 17.1 Å². The lowest BCUT2D eigenvalue weighted by molar-refractivity contribution is 0.404. The molecule has 1 heterocycles. The van der Waals surface area contributed by atoms with Gasteiger partial charge in [-0.25, -0.2) is 0 Å². The highest BCUT2D eigenvalue weighted by molar-refractivity contribution is 5.95. The topological polar surface area (TPSA) is 12.5 Å². The molecule has 0 amide bonds. The minimum atomic E-state index is -0.0855. The van der Waals surface area contributed by atoms with E-state index in [1.807, 2.05) is 0 Å².